The van der Waals surface area contributed by atoms with Gasteiger partial charge in [0.05, 0.1) is 0 Å². The van der Waals surface area contributed by atoms with Crippen molar-refractivity contribution in [2.24, 2.45) is 0 Å². The maximum absolute atomic E-state index is 12.5. The highest BCUT2D eigenvalue weighted by molar-refractivity contribution is 6.04. The van der Waals surface area contributed by atoms with Crippen LogP contribution in [0, 0.1) is 6.92 Å². The van der Waals surface area contributed by atoms with Gasteiger partial charge in [-0.05, 0) is 30.7 Å². The van der Waals surface area contributed by atoms with Crippen molar-refractivity contribution in [1.82, 2.24) is 15.0 Å². The maximum atomic E-state index is 12.5. The van der Waals surface area contributed by atoms with Crippen molar-refractivity contribution >= 4 is 17.7 Å². The van der Waals surface area contributed by atoms with E-state index in [9.17, 15) is 4.79 Å². The standard InChI is InChI=1S/C18H17N5O/c1-12-11-15(22-18(19-2)21-12)17(24)23-16-14(9-6-10-20-16)13-7-4-3-5-8-13/h3-11H,1-2H3,(H,19,21,22)(H,20,23,24). The van der Waals surface area contributed by atoms with Gasteiger partial charge in [-0.25, -0.2) is 15.0 Å². The Balaban J connectivity index is 1.92. The molecule has 2 heterocycles. The van der Waals surface area contributed by atoms with Gasteiger partial charge in [-0.2, -0.15) is 0 Å². The minimum atomic E-state index is -0.326. The first-order chi connectivity index (χ1) is 11.7. The molecule has 0 saturated heterocycles. The van der Waals surface area contributed by atoms with Crippen LogP contribution in [-0.4, -0.2) is 27.9 Å². The summed E-state index contributed by atoms with van der Waals surface area (Å²) in [5.41, 5.74) is 2.84. The monoisotopic (exact) mass is 319 g/mol. The molecule has 2 aromatic heterocycles. The van der Waals surface area contributed by atoms with Gasteiger partial charge in [0.15, 0.2) is 0 Å². The molecule has 6 nitrogen and oxygen atoms in total. The van der Waals surface area contributed by atoms with Crippen molar-refractivity contribution < 1.29 is 4.79 Å². The van der Waals surface area contributed by atoms with Crippen LogP contribution in [0.15, 0.2) is 54.7 Å². The number of amides is 1. The summed E-state index contributed by atoms with van der Waals surface area (Å²) < 4.78 is 0. The molecule has 0 aliphatic rings. The second kappa shape index (κ2) is 6.87. The number of hydrogen-bond donors (Lipinski definition) is 2. The summed E-state index contributed by atoms with van der Waals surface area (Å²) in [4.78, 5) is 25.2. The van der Waals surface area contributed by atoms with Crippen molar-refractivity contribution in [3.8, 4) is 11.1 Å². The molecule has 0 unspecified atom stereocenters. The van der Waals surface area contributed by atoms with E-state index in [4.69, 9.17) is 0 Å². The first kappa shape index (κ1) is 15.6. The Morgan fingerprint density at radius 3 is 2.58 bits per heavy atom. The number of anilines is 2. The molecule has 24 heavy (non-hydrogen) atoms. The number of nitrogens with zero attached hydrogens (tertiary/aromatic N) is 3. The lowest BCUT2D eigenvalue weighted by Crippen LogP contribution is -2.17. The Morgan fingerprint density at radius 1 is 1.04 bits per heavy atom. The van der Waals surface area contributed by atoms with E-state index in [0.717, 1.165) is 11.1 Å². The fourth-order valence-electron chi connectivity index (χ4n) is 2.32. The second-order valence-electron chi connectivity index (χ2n) is 5.19. The third-order valence-electron chi connectivity index (χ3n) is 3.43. The van der Waals surface area contributed by atoms with Crippen LogP contribution in [0.2, 0.25) is 0 Å². The van der Waals surface area contributed by atoms with Gasteiger partial charge in [-0.15, -0.1) is 0 Å². The van der Waals surface area contributed by atoms with E-state index in [2.05, 4.69) is 25.6 Å². The number of hydrogen-bond acceptors (Lipinski definition) is 5. The van der Waals surface area contributed by atoms with Crippen LogP contribution in [0.5, 0.6) is 0 Å². The highest BCUT2D eigenvalue weighted by Crippen LogP contribution is 2.25. The highest BCUT2D eigenvalue weighted by Gasteiger charge is 2.14. The average Bonchev–Trinajstić information content (AvgIpc) is 2.62. The van der Waals surface area contributed by atoms with Crippen LogP contribution >= 0.6 is 0 Å². The van der Waals surface area contributed by atoms with E-state index in [0.29, 0.717) is 17.5 Å². The van der Waals surface area contributed by atoms with Gasteiger partial charge in [0, 0.05) is 24.5 Å². The first-order valence-corrected chi connectivity index (χ1v) is 7.52. The minimum Gasteiger partial charge on any atom is -0.357 e. The number of rotatable bonds is 4. The van der Waals surface area contributed by atoms with Gasteiger partial charge < -0.3 is 10.6 Å². The van der Waals surface area contributed by atoms with E-state index in [1.165, 1.54) is 0 Å². The molecule has 2 N–H and O–H groups in total. The predicted molar refractivity (Wildman–Crippen MR) is 93.9 cm³/mol. The van der Waals surface area contributed by atoms with Gasteiger partial charge in [-0.3, -0.25) is 4.79 Å². The number of nitrogens with one attached hydrogen (secondary N) is 2. The summed E-state index contributed by atoms with van der Waals surface area (Å²) in [6.45, 7) is 1.81. The summed E-state index contributed by atoms with van der Waals surface area (Å²) in [5.74, 6) is 0.577. The van der Waals surface area contributed by atoms with Crippen LogP contribution in [-0.2, 0) is 0 Å². The van der Waals surface area contributed by atoms with Crippen LogP contribution in [0.3, 0.4) is 0 Å². The number of carbonyl (C=O) groups is 1. The van der Waals surface area contributed by atoms with Crippen molar-refractivity contribution in [2.75, 3.05) is 17.7 Å². The predicted octanol–water partition coefficient (Wildman–Crippen LogP) is 3.14. The third kappa shape index (κ3) is 3.38. The van der Waals surface area contributed by atoms with Crippen LogP contribution < -0.4 is 10.6 Å². The van der Waals surface area contributed by atoms with Gasteiger partial charge in [-0.1, -0.05) is 30.3 Å². The molecule has 0 saturated carbocycles. The Bertz CT molecular complexity index is 864. The molecule has 3 aromatic rings. The molecule has 3 rings (SSSR count). The quantitative estimate of drug-likeness (QED) is 0.772. The number of carbonyl (C=O) groups excluding carboxylic acids is 1. The molecular weight excluding hydrogens is 302 g/mol. The molecule has 0 spiro atoms. The Labute approximate surface area is 140 Å². The van der Waals surface area contributed by atoms with E-state index >= 15 is 0 Å². The van der Waals surface area contributed by atoms with Crippen LogP contribution in [0.4, 0.5) is 11.8 Å². The highest BCUT2D eigenvalue weighted by atomic mass is 16.1. The Kier molecular flexibility index (Phi) is 4.47. The summed E-state index contributed by atoms with van der Waals surface area (Å²) in [7, 11) is 1.71. The van der Waals surface area contributed by atoms with Crippen molar-refractivity contribution in [2.45, 2.75) is 6.92 Å². The SMILES string of the molecule is CNc1nc(C)cc(C(=O)Nc2ncccc2-c2ccccc2)n1. The zero-order valence-corrected chi connectivity index (χ0v) is 13.4. The zero-order chi connectivity index (χ0) is 16.9. The van der Waals surface area contributed by atoms with Crippen LogP contribution in [0.1, 0.15) is 16.2 Å². The first-order valence-electron chi connectivity index (χ1n) is 7.52. The van der Waals surface area contributed by atoms with Gasteiger partial charge in [0.2, 0.25) is 5.95 Å². The maximum Gasteiger partial charge on any atom is 0.275 e. The fraction of sp³-hybridized carbons (Fsp3) is 0.111. The number of pyridine rings is 1. The largest absolute Gasteiger partial charge is 0.357 e. The van der Waals surface area contributed by atoms with Gasteiger partial charge in [0.1, 0.15) is 11.5 Å². The van der Waals surface area contributed by atoms with E-state index < -0.39 is 0 Å². The second-order valence-corrected chi connectivity index (χ2v) is 5.19. The lowest BCUT2D eigenvalue weighted by Gasteiger charge is -2.10. The average molecular weight is 319 g/mol. The third-order valence-corrected chi connectivity index (χ3v) is 3.43. The van der Waals surface area contributed by atoms with E-state index in [1.807, 2.05) is 49.4 Å². The minimum absolute atomic E-state index is 0.288. The fourth-order valence-corrected chi connectivity index (χ4v) is 2.32. The molecule has 1 aromatic carbocycles. The van der Waals surface area contributed by atoms with E-state index in [-0.39, 0.29) is 11.6 Å². The number of benzene rings is 1. The molecule has 6 heteroatoms. The summed E-state index contributed by atoms with van der Waals surface area (Å²) >= 11 is 0. The number of aryl methyl sites for hydroxylation is 1. The van der Waals surface area contributed by atoms with Gasteiger partial charge >= 0.3 is 0 Å². The molecule has 120 valence electrons. The smallest absolute Gasteiger partial charge is 0.275 e. The topological polar surface area (TPSA) is 79.8 Å². The number of aromatic nitrogens is 3. The normalized spacial score (nSPS) is 10.2. The van der Waals surface area contributed by atoms with Crippen molar-refractivity contribution in [1.29, 1.82) is 0 Å². The summed E-state index contributed by atoms with van der Waals surface area (Å²) in [6.07, 6.45) is 1.65. The van der Waals surface area contributed by atoms with Crippen molar-refractivity contribution in [3.05, 3.63) is 66.1 Å². The zero-order valence-electron chi connectivity index (χ0n) is 13.4. The van der Waals surface area contributed by atoms with E-state index in [1.54, 1.807) is 19.3 Å². The molecule has 0 radical (unpaired) electrons. The lowest BCUT2D eigenvalue weighted by atomic mass is 10.1. The molecule has 0 bridgehead atoms. The van der Waals surface area contributed by atoms with Crippen molar-refractivity contribution in [3.63, 3.8) is 0 Å². The van der Waals surface area contributed by atoms with Crippen LogP contribution in [0.25, 0.3) is 11.1 Å². The Hall–Kier alpha value is -3.28. The molecule has 0 atom stereocenters. The summed E-state index contributed by atoms with van der Waals surface area (Å²) in [5, 5.41) is 5.68. The molecular formula is C18H17N5O. The molecule has 0 aliphatic heterocycles. The van der Waals surface area contributed by atoms with Gasteiger partial charge in [0.25, 0.3) is 5.91 Å². The molecule has 0 aliphatic carbocycles. The molecule has 0 fully saturated rings. The lowest BCUT2D eigenvalue weighted by molar-refractivity contribution is 0.102. The molecule has 1 amide bonds. The Morgan fingerprint density at radius 2 is 1.83 bits per heavy atom. The summed E-state index contributed by atoms with van der Waals surface area (Å²) in [6, 6.07) is 15.2.